The third-order valence-corrected chi connectivity index (χ3v) is 7.12. The lowest BCUT2D eigenvalue weighted by Gasteiger charge is -2.25. The van der Waals surface area contributed by atoms with Crippen LogP contribution < -0.4 is 29.7 Å². The first-order valence-corrected chi connectivity index (χ1v) is 12.5. The van der Waals surface area contributed by atoms with Gasteiger partial charge >= 0.3 is 0 Å². The van der Waals surface area contributed by atoms with E-state index in [9.17, 15) is 9.59 Å². The van der Waals surface area contributed by atoms with Crippen molar-refractivity contribution in [2.45, 2.75) is 13.0 Å². The van der Waals surface area contributed by atoms with Crippen molar-refractivity contribution in [1.29, 1.82) is 0 Å². The summed E-state index contributed by atoms with van der Waals surface area (Å²) in [6, 6.07) is 23.4. The van der Waals surface area contributed by atoms with E-state index in [1.54, 1.807) is 31.8 Å². The number of anilines is 1. The van der Waals surface area contributed by atoms with Crippen molar-refractivity contribution in [3.8, 4) is 11.5 Å². The number of nitrogens with zero attached hydrogens (tertiary/aromatic N) is 2. The number of carbonyl (C=O) groups excluding carboxylic acids is 1. The normalized spacial score (nSPS) is 15.1. The molecule has 5 rings (SSSR count). The molecule has 8 heteroatoms. The summed E-state index contributed by atoms with van der Waals surface area (Å²) in [4.78, 5) is 32.7. The number of allylic oxidation sites excluding steroid dienone is 1. The zero-order chi connectivity index (χ0) is 25.9. The van der Waals surface area contributed by atoms with Crippen molar-refractivity contribution in [1.82, 2.24) is 4.57 Å². The van der Waals surface area contributed by atoms with Gasteiger partial charge in [-0.15, -0.1) is 0 Å². The number of benzene rings is 3. The summed E-state index contributed by atoms with van der Waals surface area (Å²) in [6.07, 6.45) is 1.80. The van der Waals surface area contributed by atoms with E-state index in [-0.39, 0.29) is 11.5 Å². The molecule has 0 saturated heterocycles. The summed E-state index contributed by atoms with van der Waals surface area (Å²) >= 11 is 1.28. The summed E-state index contributed by atoms with van der Waals surface area (Å²) in [5.41, 5.74) is 2.90. The molecular formula is C29H25N3O4S. The van der Waals surface area contributed by atoms with Crippen LogP contribution in [0.5, 0.6) is 11.5 Å². The second-order valence-corrected chi connectivity index (χ2v) is 9.43. The largest absolute Gasteiger partial charge is 0.497 e. The molecule has 1 N–H and O–H groups in total. The Morgan fingerprint density at radius 1 is 1.00 bits per heavy atom. The number of ether oxygens (including phenoxy) is 2. The maximum atomic E-state index is 13.8. The molecule has 0 fully saturated rings. The molecule has 1 atom stereocenters. The monoisotopic (exact) mass is 511 g/mol. The summed E-state index contributed by atoms with van der Waals surface area (Å²) in [7, 11) is 3.18. The van der Waals surface area contributed by atoms with Crippen LogP contribution in [0.4, 0.5) is 5.69 Å². The zero-order valence-corrected chi connectivity index (χ0v) is 21.4. The standard InChI is InChI=1S/C29H25N3O4S/c1-18-25(27(33)31-21-12-5-4-6-13-21)26(20-11-9-14-22(16-20)35-2)32-28(34)24(37-29(32)30-18)17-19-10-7-8-15-23(19)36-3/h4-17,26H,1-3H3,(H,31,33)/b24-17+/t26-/m0/s1. The Labute approximate surface area is 217 Å². The Hall–Kier alpha value is -4.43. The number of nitrogens with one attached hydrogen (secondary N) is 1. The highest BCUT2D eigenvalue weighted by atomic mass is 32.1. The molecule has 0 bridgehead atoms. The molecule has 186 valence electrons. The number of methoxy groups -OCH3 is 2. The van der Waals surface area contributed by atoms with E-state index in [2.05, 4.69) is 5.32 Å². The van der Waals surface area contributed by atoms with Gasteiger partial charge in [0.15, 0.2) is 4.80 Å². The molecule has 1 aliphatic rings. The van der Waals surface area contributed by atoms with Crippen LogP contribution in [0, 0.1) is 0 Å². The fourth-order valence-electron chi connectivity index (χ4n) is 4.39. The Morgan fingerprint density at radius 2 is 1.76 bits per heavy atom. The summed E-state index contributed by atoms with van der Waals surface area (Å²) < 4.78 is 13.0. The lowest BCUT2D eigenvalue weighted by molar-refractivity contribution is -0.113. The Kier molecular flexibility index (Phi) is 6.74. The van der Waals surface area contributed by atoms with Gasteiger partial charge in [-0.2, -0.15) is 0 Å². The number of thiazole rings is 1. The minimum Gasteiger partial charge on any atom is -0.497 e. The Balaban J connectivity index is 1.70. The molecule has 0 radical (unpaired) electrons. The van der Waals surface area contributed by atoms with Gasteiger partial charge in [-0.05, 0) is 48.9 Å². The first kappa shape index (κ1) is 24.3. The molecule has 3 aromatic carbocycles. The third-order valence-electron chi connectivity index (χ3n) is 6.13. The Bertz CT molecular complexity index is 1690. The summed E-state index contributed by atoms with van der Waals surface area (Å²) in [6.45, 7) is 1.80. The highest BCUT2D eigenvalue weighted by molar-refractivity contribution is 7.07. The van der Waals surface area contributed by atoms with Crippen LogP contribution in [0.15, 0.2) is 99.9 Å². The molecular weight excluding hydrogens is 486 g/mol. The number of carbonyl (C=O) groups is 1. The van der Waals surface area contributed by atoms with Gasteiger partial charge in [-0.1, -0.05) is 59.9 Å². The van der Waals surface area contributed by atoms with Crippen molar-refractivity contribution in [2.75, 3.05) is 19.5 Å². The predicted molar refractivity (Wildman–Crippen MR) is 145 cm³/mol. The van der Waals surface area contributed by atoms with Crippen LogP contribution in [0.3, 0.4) is 0 Å². The number of rotatable bonds is 6. The zero-order valence-electron chi connectivity index (χ0n) is 20.6. The fraction of sp³-hybridized carbons (Fsp3) is 0.138. The first-order valence-electron chi connectivity index (χ1n) is 11.7. The lowest BCUT2D eigenvalue weighted by Crippen LogP contribution is -2.40. The number of amides is 1. The van der Waals surface area contributed by atoms with Crippen molar-refractivity contribution < 1.29 is 14.3 Å². The van der Waals surface area contributed by atoms with Crippen LogP contribution >= 0.6 is 11.3 Å². The molecule has 4 aromatic rings. The van der Waals surface area contributed by atoms with Crippen LogP contribution in [-0.2, 0) is 4.79 Å². The van der Waals surface area contributed by atoms with E-state index < -0.39 is 6.04 Å². The summed E-state index contributed by atoms with van der Waals surface area (Å²) in [5, 5.41) is 2.96. The van der Waals surface area contributed by atoms with Crippen molar-refractivity contribution in [2.24, 2.45) is 4.99 Å². The van der Waals surface area contributed by atoms with Gasteiger partial charge in [-0.25, -0.2) is 4.99 Å². The minimum absolute atomic E-state index is 0.236. The smallest absolute Gasteiger partial charge is 0.271 e. The second kappa shape index (κ2) is 10.3. The number of hydrogen-bond donors (Lipinski definition) is 1. The SMILES string of the molecule is COc1cccc([C@H]2C(C(=O)Nc3ccccc3)=C(C)N=c3s/c(=C/c4ccccc4OC)c(=O)n32)c1. The van der Waals surface area contributed by atoms with Gasteiger partial charge in [0.2, 0.25) is 0 Å². The number of para-hydroxylation sites is 2. The van der Waals surface area contributed by atoms with Crippen molar-refractivity contribution in [3.05, 3.63) is 121 Å². The highest BCUT2D eigenvalue weighted by Crippen LogP contribution is 2.32. The van der Waals surface area contributed by atoms with Crippen LogP contribution in [0.25, 0.3) is 6.08 Å². The van der Waals surface area contributed by atoms with Gasteiger partial charge in [0, 0.05) is 11.3 Å². The van der Waals surface area contributed by atoms with Crippen LogP contribution in [-0.4, -0.2) is 24.7 Å². The van der Waals surface area contributed by atoms with Gasteiger partial charge in [-0.3, -0.25) is 14.2 Å². The number of fused-ring (bicyclic) bond motifs is 1. The minimum atomic E-state index is -0.685. The van der Waals surface area contributed by atoms with Gasteiger partial charge in [0.25, 0.3) is 11.5 Å². The molecule has 0 unspecified atom stereocenters. The maximum Gasteiger partial charge on any atom is 0.271 e. The fourth-order valence-corrected chi connectivity index (χ4v) is 5.42. The highest BCUT2D eigenvalue weighted by Gasteiger charge is 2.32. The molecule has 2 heterocycles. The first-order chi connectivity index (χ1) is 18.0. The van der Waals surface area contributed by atoms with Crippen LogP contribution in [0.1, 0.15) is 24.1 Å². The average Bonchev–Trinajstić information content (AvgIpc) is 3.22. The number of aromatic nitrogens is 1. The second-order valence-electron chi connectivity index (χ2n) is 8.42. The van der Waals surface area contributed by atoms with Gasteiger partial charge in [0.05, 0.1) is 36.1 Å². The summed E-state index contributed by atoms with van der Waals surface area (Å²) in [5.74, 6) is 0.974. The quantitative estimate of drug-likeness (QED) is 0.426. The molecule has 1 amide bonds. The molecule has 1 aromatic heterocycles. The molecule has 1 aliphatic heterocycles. The van der Waals surface area contributed by atoms with E-state index in [0.717, 1.165) is 11.1 Å². The van der Waals surface area contributed by atoms with E-state index in [4.69, 9.17) is 14.5 Å². The maximum absolute atomic E-state index is 13.8. The van der Waals surface area contributed by atoms with E-state index in [0.29, 0.717) is 37.8 Å². The third kappa shape index (κ3) is 4.71. The molecule has 7 nitrogen and oxygen atoms in total. The van der Waals surface area contributed by atoms with E-state index >= 15 is 0 Å². The number of hydrogen-bond acceptors (Lipinski definition) is 6. The van der Waals surface area contributed by atoms with E-state index in [1.807, 2.05) is 78.9 Å². The molecule has 37 heavy (non-hydrogen) atoms. The average molecular weight is 512 g/mol. The van der Waals surface area contributed by atoms with Gasteiger partial charge in [0.1, 0.15) is 11.5 Å². The lowest BCUT2D eigenvalue weighted by atomic mass is 9.95. The Morgan fingerprint density at radius 3 is 2.51 bits per heavy atom. The van der Waals surface area contributed by atoms with Crippen LogP contribution in [0.2, 0.25) is 0 Å². The van der Waals surface area contributed by atoms with Gasteiger partial charge < -0.3 is 14.8 Å². The topological polar surface area (TPSA) is 81.9 Å². The van der Waals surface area contributed by atoms with E-state index in [1.165, 1.54) is 11.3 Å². The molecule has 0 spiro atoms. The van der Waals surface area contributed by atoms with Crippen molar-refractivity contribution >= 4 is 29.0 Å². The van der Waals surface area contributed by atoms with Crippen molar-refractivity contribution in [3.63, 3.8) is 0 Å². The molecule has 0 saturated carbocycles. The predicted octanol–water partition coefficient (Wildman–Crippen LogP) is 3.89. The molecule has 0 aliphatic carbocycles.